The maximum atomic E-state index is 12.1. The van der Waals surface area contributed by atoms with E-state index < -0.39 is 5.54 Å². The van der Waals surface area contributed by atoms with E-state index in [0.29, 0.717) is 12.2 Å². The first-order chi connectivity index (χ1) is 9.36. The molecule has 0 saturated heterocycles. The number of nitrogens with two attached hydrogens (primary N) is 1. The molecule has 0 saturated carbocycles. The maximum absolute atomic E-state index is 12.1. The third-order valence-electron chi connectivity index (χ3n) is 2.92. The van der Waals surface area contributed by atoms with E-state index in [0.717, 1.165) is 5.56 Å². The molecule has 0 unspecified atom stereocenters. The summed E-state index contributed by atoms with van der Waals surface area (Å²) < 4.78 is 1.52. The number of aromatic nitrogens is 3. The summed E-state index contributed by atoms with van der Waals surface area (Å²) in [7, 11) is 1.78. The predicted octanol–water partition coefficient (Wildman–Crippen LogP) is 1.19. The average molecular weight is 293 g/mol. The van der Waals surface area contributed by atoms with Gasteiger partial charge in [-0.15, -0.1) is 5.10 Å². The van der Waals surface area contributed by atoms with Crippen molar-refractivity contribution in [2.75, 3.05) is 7.05 Å². The van der Waals surface area contributed by atoms with Crippen molar-refractivity contribution in [3.8, 4) is 0 Å². The molecular weight excluding hydrogens is 274 g/mol. The molecule has 0 aliphatic heterocycles. The van der Waals surface area contributed by atoms with E-state index >= 15 is 0 Å². The zero-order valence-corrected chi connectivity index (χ0v) is 12.7. The van der Waals surface area contributed by atoms with Gasteiger partial charge in [0.1, 0.15) is 12.2 Å². The zero-order valence-electron chi connectivity index (χ0n) is 11.9. The molecule has 0 radical (unpaired) electrons. The van der Waals surface area contributed by atoms with Crippen molar-refractivity contribution in [3.63, 3.8) is 0 Å². The lowest BCUT2D eigenvalue weighted by Crippen LogP contribution is -2.30. The number of hydrogen-bond donors (Lipinski definition) is 1. The molecule has 0 spiro atoms. The first-order valence-corrected chi connectivity index (χ1v) is 7.25. The van der Waals surface area contributed by atoms with Gasteiger partial charge >= 0.3 is 0 Å². The van der Waals surface area contributed by atoms with Gasteiger partial charge in [0.25, 0.3) is 0 Å². The Bertz CT molecular complexity index is 570. The van der Waals surface area contributed by atoms with Gasteiger partial charge < -0.3 is 10.6 Å². The van der Waals surface area contributed by atoms with Crippen LogP contribution in [0.4, 0.5) is 0 Å². The minimum Gasteiger partial charge on any atom is -0.340 e. The molecule has 2 heterocycles. The van der Waals surface area contributed by atoms with E-state index in [2.05, 4.69) is 10.3 Å². The third-order valence-corrected chi connectivity index (χ3v) is 3.65. The SMILES string of the molecule is CN(Cc1ccsc1)C(=O)Cn1cc(C(C)(C)N)nn1. The van der Waals surface area contributed by atoms with Crippen molar-refractivity contribution in [3.05, 3.63) is 34.3 Å². The molecule has 0 aliphatic rings. The molecule has 7 heteroatoms. The van der Waals surface area contributed by atoms with Crippen LogP contribution in [0.1, 0.15) is 25.1 Å². The van der Waals surface area contributed by atoms with Gasteiger partial charge in [-0.1, -0.05) is 5.21 Å². The van der Waals surface area contributed by atoms with Crippen LogP contribution in [0.25, 0.3) is 0 Å². The largest absolute Gasteiger partial charge is 0.340 e. The molecule has 2 N–H and O–H groups in total. The Kier molecular flexibility index (Phi) is 4.20. The van der Waals surface area contributed by atoms with E-state index in [9.17, 15) is 4.79 Å². The summed E-state index contributed by atoms with van der Waals surface area (Å²) in [6, 6.07) is 2.01. The molecule has 2 aromatic rings. The number of nitrogens with zero attached hydrogens (tertiary/aromatic N) is 4. The van der Waals surface area contributed by atoms with Gasteiger partial charge in [0.15, 0.2) is 0 Å². The maximum Gasteiger partial charge on any atom is 0.244 e. The molecule has 0 fully saturated rings. The van der Waals surface area contributed by atoms with Gasteiger partial charge in [0.05, 0.1) is 11.7 Å². The average Bonchev–Trinajstić information content (AvgIpc) is 2.98. The van der Waals surface area contributed by atoms with E-state index in [1.807, 2.05) is 30.7 Å². The standard InChI is InChI=1S/C13H19N5OS/c1-13(2,14)11-7-18(16-15-11)8-12(19)17(3)6-10-4-5-20-9-10/h4-5,7,9H,6,8,14H2,1-3H3. The number of rotatable bonds is 5. The lowest BCUT2D eigenvalue weighted by atomic mass is 10.0. The Morgan fingerprint density at radius 3 is 2.85 bits per heavy atom. The van der Waals surface area contributed by atoms with Gasteiger partial charge in [0.2, 0.25) is 5.91 Å². The molecule has 0 aromatic carbocycles. The molecule has 2 aromatic heterocycles. The Morgan fingerprint density at radius 2 is 2.30 bits per heavy atom. The Hall–Kier alpha value is -1.73. The van der Waals surface area contributed by atoms with Crippen LogP contribution in [0.15, 0.2) is 23.0 Å². The molecule has 2 rings (SSSR count). The topological polar surface area (TPSA) is 77.0 Å². The number of carbonyl (C=O) groups excluding carboxylic acids is 1. The van der Waals surface area contributed by atoms with Crippen LogP contribution in [-0.4, -0.2) is 32.8 Å². The van der Waals surface area contributed by atoms with E-state index in [1.54, 1.807) is 29.5 Å². The molecule has 20 heavy (non-hydrogen) atoms. The van der Waals surface area contributed by atoms with Crippen LogP contribution >= 0.6 is 11.3 Å². The van der Waals surface area contributed by atoms with Crippen LogP contribution in [0.5, 0.6) is 0 Å². The van der Waals surface area contributed by atoms with Gasteiger partial charge in [-0.05, 0) is 36.2 Å². The minimum atomic E-state index is -0.552. The number of hydrogen-bond acceptors (Lipinski definition) is 5. The summed E-state index contributed by atoms with van der Waals surface area (Å²) in [5, 5.41) is 12.0. The lowest BCUT2D eigenvalue weighted by Gasteiger charge is -2.16. The highest BCUT2D eigenvalue weighted by molar-refractivity contribution is 7.07. The highest BCUT2D eigenvalue weighted by Crippen LogP contribution is 2.13. The van der Waals surface area contributed by atoms with E-state index in [4.69, 9.17) is 5.73 Å². The number of carbonyl (C=O) groups is 1. The van der Waals surface area contributed by atoms with Crippen molar-refractivity contribution >= 4 is 17.2 Å². The summed E-state index contributed by atoms with van der Waals surface area (Å²) in [5.74, 6) is -0.0116. The van der Waals surface area contributed by atoms with Gasteiger partial charge in [-0.3, -0.25) is 4.79 Å². The highest BCUT2D eigenvalue weighted by atomic mass is 32.1. The summed E-state index contributed by atoms with van der Waals surface area (Å²) in [6.45, 7) is 4.48. The Labute approximate surface area is 122 Å². The quantitative estimate of drug-likeness (QED) is 0.898. The Morgan fingerprint density at radius 1 is 1.55 bits per heavy atom. The number of likely N-dealkylation sites (N-methyl/N-ethyl adjacent to an activating group) is 1. The summed E-state index contributed by atoms with van der Waals surface area (Å²) in [6.07, 6.45) is 1.72. The molecule has 108 valence electrons. The summed E-state index contributed by atoms with van der Waals surface area (Å²) in [4.78, 5) is 13.8. The second kappa shape index (κ2) is 5.72. The first kappa shape index (κ1) is 14.7. The molecule has 1 amide bonds. The molecule has 0 aliphatic carbocycles. The highest BCUT2D eigenvalue weighted by Gasteiger charge is 2.19. The van der Waals surface area contributed by atoms with Crippen LogP contribution in [0.2, 0.25) is 0 Å². The van der Waals surface area contributed by atoms with E-state index in [1.165, 1.54) is 4.68 Å². The Balaban J connectivity index is 1.95. The normalized spacial score (nSPS) is 11.6. The second-order valence-electron chi connectivity index (χ2n) is 5.40. The summed E-state index contributed by atoms with van der Waals surface area (Å²) in [5.41, 5.74) is 7.19. The van der Waals surface area contributed by atoms with Crippen molar-refractivity contribution < 1.29 is 4.79 Å². The van der Waals surface area contributed by atoms with Crippen LogP contribution in [0.3, 0.4) is 0 Å². The fourth-order valence-corrected chi connectivity index (χ4v) is 2.33. The van der Waals surface area contributed by atoms with Crippen LogP contribution < -0.4 is 5.73 Å². The lowest BCUT2D eigenvalue weighted by molar-refractivity contribution is -0.131. The zero-order chi connectivity index (χ0) is 14.8. The van der Waals surface area contributed by atoms with Crippen molar-refractivity contribution in [1.29, 1.82) is 0 Å². The van der Waals surface area contributed by atoms with Crippen molar-refractivity contribution in [2.24, 2.45) is 5.73 Å². The first-order valence-electron chi connectivity index (χ1n) is 6.31. The molecule has 0 bridgehead atoms. The monoisotopic (exact) mass is 293 g/mol. The third kappa shape index (κ3) is 3.64. The van der Waals surface area contributed by atoms with Gasteiger partial charge in [0, 0.05) is 13.6 Å². The second-order valence-corrected chi connectivity index (χ2v) is 6.18. The smallest absolute Gasteiger partial charge is 0.244 e. The fourth-order valence-electron chi connectivity index (χ4n) is 1.67. The van der Waals surface area contributed by atoms with Crippen molar-refractivity contribution in [1.82, 2.24) is 19.9 Å². The molecule has 6 nitrogen and oxygen atoms in total. The predicted molar refractivity (Wildman–Crippen MR) is 78.0 cm³/mol. The van der Waals surface area contributed by atoms with Crippen LogP contribution in [-0.2, 0) is 23.4 Å². The van der Waals surface area contributed by atoms with E-state index in [-0.39, 0.29) is 12.5 Å². The van der Waals surface area contributed by atoms with Gasteiger partial charge in [-0.2, -0.15) is 11.3 Å². The van der Waals surface area contributed by atoms with Gasteiger partial charge in [-0.25, -0.2) is 4.68 Å². The van der Waals surface area contributed by atoms with Crippen molar-refractivity contribution in [2.45, 2.75) is 32.5 Å². The molecule has 0 atom stereocenters. The minimum absolute atomic E-state index is 0.0116. The number of amides is 1. The number of thiophene rings is 1. The van der Waals surface area contributed by atoms with Crippen LogP contribution in [0, 0.1) is 0 Å². The fraction of sp³-hybridized carbons (Fsp3) is 0.462. The summed E-state index contributed by atoms with van der Waals surface area (Å²) >= 11 is 1.62. The molecular formula is C13H19N5OS.